The molecule has 0 saturated heterocycles. The van der Waals surface area contributed by atoms with E-state index in [0.717, 1.165) is 6.42 Å². The Hall–Kier alpha value is -0.110. The largest absolute Gasteiger partial charge is 0.396 e. The van der Waals surface area contributed by atoms with E-state index >= 15 is 0 Å². The van der Waals surface area contributed by atoms with E-state index in [4.69, 9.17) is 5.11 Å². The fourth-order valence-electron chi connectivity index (χ4n) is 0.0488. The lowest BCUT2D eigenvalue weighted by Gasteiger charge is -1.76. The molecule has 31 valence electrons. The maximum Gasteiger partial charge on any atom is 0.0948 e. The molecule has 0 aromatic heterocycles. The predicted molar refractivity (Wildman–Crippen MR) is 17.4 cm³/mol. The first-order chi connectivity index (χ1) is 2.41. The predicted octanol–water partition coefficient (Wildman–Crippen LogP) is 0.152. The van der Waals surface area contributed by atoms with Gasteiger partial charge in [0, 0.05) is 13.0 Å². The topological polar surface area (TPSA) is 20.2 Å². The van der Waals surface area contributed by atoms with Gasteiger partial charge in [0.1, 0.15) is 0 Å². The molecule has 5 heavy (non-hydrogen) atoms. The molecule has 0 aromatic carbocycles. The molecule has 0 spiro atoms. The number of aliphatic hydroxyl groups excluding tert-OH is 1. The number of aliphatic hydroxyl groups is 1. The Labute approximate surface area is 30.4 Å². The van der Waals surface area contributed by atoms with Crippen molar-refractivity contribution in [3.8, 4) is 0 Å². The van der Waals surface area contributed by atoms with Crippen molar-refractivity contribution >= 4 is 0 Å². The van der Waals surface area contributed by atoms with Crippen molar-refractivity contribution in [2.45, 2.75) is 0 Å². The summed E-state index contributed by atoms with van der Waals surface area (Å²) >= 11 is 0. The second-order valence-electron chi connectivity index (χ2n) is 0.626. The lowest BCUT2D eigenvalue weighted by molar-refractivity contribution is 0.314. The average molecular weight is 77.1 g/mol. The zero-order valence-corrected chi connectivity index (χ0v) is 2.82. The van der Waals surface area contributed by atoms with Crippen molar-refractivity contribution in [1.82, 2.24) is 0 Å². The van der Waals surface area contributed by atoms with E-state index in [-0.39, 0.29) is 6.61 Å². The Bertz CT molecular complexity index is 14.4. The second-order valence-corrected chi connectivity index (χ2v) is 0.626. The summed E-state index contributed by atoms with van der Waals surface area (Å²) in [5, 5.41) is 7.77. The average Bonchev–Trinajstić information content (AvgIpc) is 1.41. The molecule has 1 nitrogen and oxygen atoms in total. The van der Waals surface area contributed by atoms with E-state index in [9.17, 15) is 4.39 Å². The summed E-state index contributed by atoms with van der Waals surface area (Å²) in [6.07, 6.45) is 1.14. The van der Waals surface area contributed by atoms with Gasteiger partial charge in [-0.15, -0.1) is 0 Å². The zero-order chi connectivity index (χ0) is 4.12. The molecule has 0 atom stereocenters. The summed E-state index contributed by atoms with van der Waals surface area (Å²) in [6, 6.07) is 0. The van der Waals surface area contributed by atoms with Crippen LogP contribution >= 0.6 is 0 Å². The van der Waals surface area contributed by atoms with Crippen LogP contribution < -0.4 is 0 Å². The lowest BCUT2D eigenvalue weighted by Crippen LogP contribution is -1.82. The van der Waals surface area contributed by atoms with E-state index < -0.39 is 6.67 Å². The molecule has 0 aliphatic rings. The quantitative estimate of drug-likeness (QED) is 0.497. The van der Waals surface area contributed by atoms with Crippen LogP contribution in [0.4, 0.5) is 4.39 Å². The Morgan fingerprint density at radius 3 is 2.40 bits per heavy atom. The van der Waals surface area contributed by atoms with Gasteiger partial charge in [-0.05, 0) is 0 Å². The van der Waals surface area contributed by atoms with E-state index in [2.05, 4.69) is 0 Å². The number of hydrogen-bond donors (Lipinski definition) is 1. The molecular weight excluding hydrogens is 71.0 g/mol. The van der Waals surface area contributed by atoms with Crippen molar-refractivity contribution < 1.29 is 9.50 Å². The van der Waals surface area contributed by atoms with Crippen LogP contribution in [0.1, 0.15) is 0 Å². The fraction of sp³-hybridized carbons (Fsp3) is 0.667. The van der Waals surface area contributed by atoms with Crippen LogP contribution in [0.5, 0.6) is 0 Å². The van der Waals surface area contributed by atoms with E-state index in [0.29, 0.717) is 0 Å². The van der Waals surface area contributed by atoms with Crippen molar-refractivity contribution in [1.29, 1.82) is 0 Å². The van der Waals surface area contributed by atoms with Gasteiger partial charge < -0.3 is 5.11 Å². The minimum atomic E-state index is -0.531. The molecule has 1 radical (unpaired) electrons. The third-order valence-corrected chi connectivity index (χ3v) is 0.238. The van der Waals surface area contributed by atoms with Crippen LogP contribution in [0.15, 0.2) is 0 Å². The highest BCUT2D eigenvalue weighted by Gasteiger charge is 1.73. The summed E-state index contributed by atoms with van der Waals surface area (Å²) in [5.41, 5.74) is 0. The maximum atomic E-state index is 10.8. The molecule has 2 heteroatoms. The Morgan fingerprint density at radius 1 is 1.80 bits per heavy atom. The van der Waals surface area contributed by atoms with E-state index in [1.807, 2.05) is 0 Å². The molecule has 0 rings (SSSR count). The lowest BCUT2D eigenvalue weighted by atomic mass is 10.5. The third-order valence-electron chi connectivity index (χ3n) is 0.238. The number of rotatable bonds is 2. The summed E-state index contributed by atoms with van der Waals surface area (Å²) in [4.78, 5) is 0. The van der Waals surface area contributed by atoms with Crippen LogP contribution in [-0.4, -0.2) is 18.4 Å². The molecule has 1 N–H and O–H groups in total. The van der Waals surface area contributed by atoms with Crippen molar-refractivity contribution in [3.05, 3.63) is 6.42 Å². The first-order valence-electron chi connectivity index (χ1n) is 1.40. The van der Waals surface area contributed by atoms with Gasteiger partial charge in [0.25, 0.3) is 0 Å². The molecule has 0 saturated carbocycles. The van der Waals surface area contributed by atoms with Gasteiger partial charge >= 0.3 is 0 Å². The number of halogens is 1. The van der Waals surface area contributed by atoms with E-state index in [1.165, 1.54) is 0 Å². The summed E-state index contributed by atoms with van der Waals surface area (Å²) in [6.45, 7) is -0.688. The van der Waals surface area contributed by atoms with Gasteiger partial charge in [0.15, 0.2) is 0 Å². The van der Waals surface area contributed by atoms with Crippen LogP contribution in [0, 0.1) is 6.42 Å². The zero-order valence-electron chi connectivity index (χ0n) is 2.82. The monoisotopic (exact) mass is 77.0 g/mol. The highest BCUT2D eigenvalue weighted by molar-refractivity contribution is 4.56. The van der Waals surface area contributed by atoms with Crippen molar-refractivity contribution in [2.75, 3.05) is 13.3 Å². The molecule has 0 aliphatic carbocycles. The molecule has 0 bridgehead atoms. The highest BCUT2D eigenvalue weighted by Crippen LogP contribution is 1.70. The van der Waals surface area contributed by atoms with Gasteiger partial charge in [-0.25, -0.2) is 0 Å². The number of alkyl halides is 1. The molecule has 0 heterocycles. The molecule has 0 aliphatic heterocycles. The third kappa shape index (κ3) is 3.89. The summed E-state index contributed by atoms with van der Waals surface area (Å²) < 4.78 is 10.8. The van der Waals surface area contributed by atoms with Gasteiger partial charge in [0.2, 0.25) is 0 Å². The van der Waals surface area contributed by atoms with Crippen molar-refractivity contribution in [2.24, 2.45) is 0 Å². The van der Waals surface area contributed by atoms with Crippen LogP contribution in [0.25, 0.3) is 0 Å². The minimum Gasteiger partial charge on any atom is -0.396 e. The van der Waals surface area contributed by atoms with E-state index in [1.54, 1.807) is 0 Å². The summed E-state index contributed by atoms with van der Waals surface area (Å²) in [7, 11) is 0. The standard InChI is InChI=1S/C3H6FO/c4-2-1-3-5/h1,5H,2-3H2. The number of hydrogen-bond acceptors (Lipinski definition) is 1. The van der Waals surface area contributed by atoms with Gasteiger partial charge in [-0.2, -0.15) is 0 Å². The van der Waals surface area contributed by atoms with Gasteiger partial charge in [0.05, 0.1) is 6.67 Å². The maximum absolute atomic E-state index is 10.8. The second kappa shape index (κ2) is 3.89. The molecular formula is C3H6FO. The Morgan fingerprint density at radius 2 is 2.40 bits per heavy atom. The first kappa shape index (κ1) is 4.89. The van der Waals surface area contributed by atoms with Gasteiger partial charge in [-0.3, -0.25) is 4.39 Å². The van der Waals surface area contributed by atoms with Gasteiger partial charge in [-0.1, -0.05) is 0 Å². The first-order valence-corrected chi connectivity index (χ1v) is 1.40. The summed E-state index contributed by atoms with van der Waals surface area (Å²) in [5.74, 6) is 0. The molecule has 0 amide bonds. The molecule has 0 aromatic rings. The molecule has 0 fully saturated rings. The highest BCUT2D eigenvalue weighted by atomic mass is 19.1. The van der Waals surface area contributed by atoms with Crippen LogP contribution in [-0.2, 0) is 0 Å². The Balaban J connectivity index is 2.19. The minimum absolute atomic E-state index is 0.156. The fourth-order valence-corrected chi connectivity index (χ4v) is 0.0488. The SMILES string of the molecule is OC[CH]CF. The van der Waals surface area contributed by atoms with Crippen LogP contribution in [0.3, 0.4) is 0 Å². The van der Waals surface area contributed by atoms with Crippen molar-refractivity contribution in [3.63, 3.8) is 0 Å². The smallest absolute Gasteiger partial charge is 0.0948 e. The molecule has 0 unspecified atom stereocenters. The van der Waals surface area contributed by atoms with Crippen LogP contribution in [0.2, 0.25) is 0 Å². The Kier molecular flexibility index (Phi) is 3.80. The normalized spacial score (nSPS) is 8.40.